The van der Waals surface area contributed by atoms with E-state index in [2.05, 4.69) is 4.98 Å². The highest BCUT2D eigenvalue weighted by molar-refractivity contribution is 7.20. The fourth-order valence-electron chi connectivity index (χ4n) is 1.14. The second kappa shape index (κ2) is 3.26. The summed E-state index contributed by atoms with van der Waals surface area (Å²) >= 11 is 1.27. The van der Waals surface area contributed by atoms with Gasteiger partial charge in [0.05, 0.1) is 17.3 Å². The number of thiazole rings is 1. The molecule has 1 heterocycles. The third-order valence-corrected chi connectivity index (χ3v) is 2.84. The summed E-state index contributed by atoms with van der Waals surface area (Å²) in [5.41, 5.74) is 5.89. The molecule has 2 N–H and O–H groups in total. The van der Waals surface area contributed by atoms with Crippen molar-refractivity contribution in [1.29, 1.82) is 0 Å². The summed E-state index contributed by atoms with van der Waals surface area (Å²) < 4.78 is 5.96. The van der Waals surface area contributed by atoms with Crippen LogP contribution in [0.1, 0.15) is 9.80 Å². The molecule has 0 saturated carbocycles. The molecule has 0 atom stereocenters. The zero-order valence-electron chi connectivity index (χ0n) is 7.48. The van der Waals surface area contributed by atoms with Crippen LogP contribution < -0.4 is 10.5 Å². The van der Waals surface area contributed by atoms with Crippen molar-refractivity contribution in [3.63, 3.8) is 0 Å². The summed E-state index contributed by atoms with van der Waals surface area (Å²) in [7, 11) is 1.59. The Hall–Kier alpha value is -1.62. The zero-order valence-corrected chi connectivity index (χ0v) is 8.30. The number of benzene rings is 1. The number of amides is 1. The Bertz CT molecular complexity index is 493. The van der Waals surface area contributed by atoms with Crippen molar-refractivity contribution in [2.45, 2.75) is 0 Å². The van der Waals surface area contributed by atoms with E-state index < -0.39 is 5.91 Å². The van der Waals surface area contributed by atoms with E-state index in [1.807, 2.05) is 6.07 Å². The first kappa shape index (κ1) is 8.96. The molecule has 2 aromatic rings. The summed E-state index contributed by atoms with van der Waals surface area (Å²) in [6.45, 7) is 0. The molecule has 5 heteroatoms. The van der Waals surface area contributed by atoms with Gasteiger partial charge >= 0.3 is 0 Å². The maximum Gasteiger partial charge on any atom is 0.277 e. The minimum Gasteiger partial charge on any atom is -0.497 e. The van der Waals surface area contributed by atoms with E-state index in [0.29, 0.717) is 5.01 Å². The lowest BCUT2D eigenvalue weighted by molar-refractivity contribution is 0.1000. The highest BCUT2D eigenvalue weighted by Crippen LogP contribution is 2.25. The minimum absolute atomic E-state index is 0.327. The van der Waals surface area contributed by atoms with Crippen LogP contribution in [0.25, 0.3) is 10.2 Å². The number of ether oxygens (including phenoxy) is 1. The minimum atomic E-state index is -0.495. The maximum absolute atomic E-state index is 10.9. The Morgan fingerprint density at radius 3 is 3.00 bits per heavy atom. The first-order chi connectivity index (χ1) is 6.70. The SMILES string of the molecule is COc1ccc2nc(C(N)=O)sc2c1. The van der Waals surface area contributed by atoms with Crippen molar-refractivity contribution in [1.82, 2.24) is 4.98 Å². The van der Waals surface area contributed by atoms with Gasteiger partial charge in [-0.3, -0.25) is 4.79 Å². The number of aromatic nitrogens is 1. The fraction of sp³-hybridized carbons (Fsp3) is 0.111. The number of fused-ring (bicyclic) bond motifs is 1. The summed E-state index contributed by atoms with van der Waals surface area (Å²) in [5.74, 6) is 0.252. The van der Waals surface area contributed by atoms with Gasteiger partial charge in [-0.1, -0.05) is 0 Å². The van der Waals surface area contributed by atoms with Crippen LogP contribution in [0.5, 0.6) is 5.75 Å². The van der Waals surface area contributed by atoms with Gasteiger partial charge in [0.25, 0.3) is 5.91 Å². The van der Waals surface area contributed by atoms with Crippen LogP contribution in [0.3, 0.4) is 0 Å². The summed E-state index contributed by atoms with van der Waals surface area (Å²) in [6.07, 6.45) is 0. The molecule has 0 aliphatic heterocycles. The molecular weight excluding hydrogens is 200 g/mol. The predicted octanol–water partition coefficient (Wildman–Crippen LogP) is 1.40. The van der Waals surface area contributed by atoms with Crippen LogP contribution in [0.2, 0.25) is 0 Å². The van der Waals surface area contributed by atoms with E-state index in [9.17, 15) is 4.79 Å². The highest BCUT2D eigenvalue weighted by Gasteiger charge is 2.08. The van der Waals surface area contributed by atoms with Gasteiger partial charge in [0.2, 0.25) is 0 Å². The van der Waals surface area contributed by atoms with Crippen LogP contribution in [-0.2, 0) is 0 Å². The van der Waals surface area contributed by atoms with Crippen molar-refractivity contribution in [3.05, 3.63) is 23.2 Å². The maximum atomic E-state index is 10.9. The van der Waals surface area contributed by atoms with Gasteiger partial charge in [-0.15, -0.1) is 11.3 Å². The number of carbonyl (C=O) groups is 1. The number of hydrogen-bond donors (Lipinski definition) is 1. The van der Waals surface area contributed by atoms with Gasteiger partial charge < -0.3 is 10.5 Å². The van der Waals surface area contributed by atoms with Crippen molar-refractivity contribution in [2.24, 2.45) is 5.73 Å². The largest absolute Gasteiger partial charge is 0.497 e. The van der Waals surface area contributed by atoms with Crippen LogP contribution in [0.4, 0.5) is 0 Å². The van der Waals surface area contributed by atoms with Gasteiger partial charge in [-0.25, -0.2) is 4.98 Å². The second-order valence-corrected chi connectivity index (χ2v) is 3.75. The van der Waals surface area contributed by atoms with Gasteiger partial charge in [-0.2, -0.15) is 0 Å². The summed E-state index contributed by atoms with van der Waals surface area (Å²) in [5, 5.41) is 0.327. The molecule has 0 saturated heterocycles. The number of nitrogens with two attached hydrogens (primary N) is 1. The lowest BCUT2D eigenvalue weighted by Crippen LogP contribution is -2.09. The first-order valence-corrected chi connectivity index (χ1v) is 4.77. The quantitative estimate of drug-likeness (QED) is 0.811. The molecule has 0 fully saturated rings. The number of rotatable bonds is 2. The van der Waals surface area contributed by atoms with E-state index in [-0.39, 0.29) is 0 Å². The van der Waals surface area contributed by atoms with Crippen LogP contribution in [0, 0.1) is 0 Å². The third-order valence-electron chi connectivity index (χ3n) is 1.81. The molecule has 0 radical (unpaired) electrons. The first-order valence-electron chi connectivity index (χ1n) is 3.95. The zero-order chi connectivity index (χ0) is 10.1. The highest BCUT2D eigenvalue weighted by atomic mass is 32.1. The van der Waals surface area contributed by atoms with Crippen molar-refractivity contribution < 1.29 is 9.53 Å². The van der Waals surface area contributed by atoms with E-state index in [4.69, 9.17) is 10.5 Å². The van der Waals surface area contributed by atoms with Crippen LogP contribution in [-0.4, -0.2) is 18.0 Å². The van der Waals surface area contributed by atoms with E-state index >= 15 is 0 Å². The van der Waals surface area contributed by atoms with Crippen molar-refractivity contribution >= 4 is 27.5 Å². The molecule has 14 heavy (non-hydrogen) atoms. The Labute approximate surface area is 84.3 Å². The number of primary amides is 1. The summed E-state index contributed by atoms with van der Waals surface area (Å²) in [4.78, 5) is 14.9. The monoisotopic (exact) mass is 208 g/mol. The summed E-state index contributed by atoms with van der Waals surface area (Å²) in [6, 6.07) is 5.43. The molecule has 0 bridgehead atoms. The number of carbonyl (C=O) groups excluding carboxylic acids is 1. The molecule has 4 nitrogen and oxygen atoms in total. The molecule has 0 unspecified atom stereocenters. The van der Waals surface area contributed by atoms with Gasteiger partial charge in [0, 0.05) is 0 Å². The standard InChI is InChI=1S/C9H8N2O2S/c1-13-5-2-3-6-7(4-5)14-9(11-6)8(10)12/h2-4H,1H3,(H2,10,12). The Kier molecular flexibility index (Phi) is 2.09. The molecule has 1 amide bonds. The van der Waals surface area contributed by atoms with Crippen molar-refractivity contribution in [2.75, 3.05) is 7.11 Å². The van der Waals surface area contributed by atoms with E-state index in [1.54, 1.807) is 19.2 Å². The topological polar surface area (TPSA) is 65.2 Å². The Balaban J connectivity index is 2.60. The van der Waals surface area contributed by atoms with Gasteiger partial charge in [0.1, 0.15) is 5.75 Å². The average Bonchev–Trinajstić information content (AvgIpc) is 2.59. The second-order valence-electron chi connectivity index (χ2n) is 2.72. The lowest BCUT2D eigenvalue weighted by atomic mass is 10.3. The van der Waals surface area contributed by atoms with E-state index in [1.165, 1.54) is 11.3 Å². The normalized spacial score (nSPS) is 10.4. The van der Waals surface area contributed by atoms with Gasteiger partial charge in [0.15, 0.2) is 5.01 Å². The molecule has 0 spiro atoms. The van der Waals surface area contributed by atoms with Crippen molar-refractivity contribution in [3.8, 4) is 5.75 Å². The lowest BCUT2D eigenvalue weighted by Gasteiger charge is -1.96. The fourth-order valence-corrected chi connectivity index (χ4v) is 1.98. The third kappa shape index (κ3) is 1.42. The van der Waals surface area contributed by atoms with Crippen LogP contribution >= 0.6 is 11.3 Å². The number of hydrogen-bond acceptors (Lipinski definition) is 4. The molecule has 0 aliphatic carbocycles. The smallest absolute Gasteiger partial charge is 0.277 e. The van der Waals surface area contributed by atoms with Gasteiger partial charge in [-0.05, 0) is 18.2 Å². The molecule has 72 valence electrons. The molecule has 1 aromatic heterocycles. The van der Waals surface area contributed by atoms with E-state index in [0.717, 1.165) is 16.0 Å². The number of nitrogens with zero attached hydrogens (tertiary/aromatic N) is 1. The number of methoxy groups -OCH3 is 1. The average molecular weight is 208 g/mol. The predicted molar refractivity (Wildman–Crippen MR) is 54.7 cm³/mol. The molecule has 1 aromatic carbocycles. The van der Waals surface area contributed by atoms with Crippen LogP contribution in [0.15, 0.2) is 18.2 Å². The molecule has 2 rings (SSSR count). The molecular formula is C9H8N2O2S. The Morgan fingerprint density at radius 2 is 2.36 bits per heavy atom. The Morgan fingerprint density at radius 1 is 1.57 bits per heavy atom. The molecule has 0 aliphatic rings.